The Labute approximate surface area is 151 Å². The van der Waals surface area contributed by atoms with Crippen molar-refractivity contribution in [1.82, 2.24) is 10.6 Å². The van der Waals surface area contributed by atoms with Gasteiger partial charge in [0.25, 0.3) is 5.91 Å². The van der Waals surface area contributed by atoms with Crippen molar-refractivity contribution < 1.29 is 9.59 Å². The lowest BCUT2D eigenvalue weighted by atomic mass is 10.2. The Morgan fingerprint density at radius 2 is 1.72 bits per heavy atom. The molecule has 2 aromatic carbocycles. The van der Waals surface area contributed by atoms with E-state index in [-0.39, 0.29) is 11.9 Å². The number of hydrogen-bond donors (Lipinski definition) is 3. The zero-order chi connectivity index (χ0) is 17.5. The van der Waals surface area contributed by atoms with Crippen molar-refractivity contribution in [2.75, 3.05) is 17.6 Å². The van der Waals surface area contributed by atoms with Crippen LogP contribution >= 0.6 is 11.8 Å². The van der Waals surface area contributed by atoms with E-state index >= 15 is 0 Å². The van der Waals surface area contributed by atoms with E-state index in [9.17, 15) is 9.59 Å². The van der Waals surface area contributed by atoms with E-state index in [1.54, 1.807) is 36.0 Å². The number of carbonyl (C=O) groups is 2. The number of rotatable bonds is 7. The third-order valence-corrected chi connectivity index (χ3v) is 4.73. The fraction of sp³-hybridized carbons (Fsp3) is 0.263. The molecular formula is C19H21N3O2S. The first kappa shape index (κ1) is 17.4. The highest BCUT2D eigenvalue weighted by Crippen LogP contribution is 2.19. The van der Waals surface area contributed by atoms with Crippen molar-refractivity contribution in [2.24, 2.45) is 0 Å². The molecule has 25 heavy (non-hydrogen) atoms. The van der Waals surface area contributed by atoms with Crippen LogP contribution in [0.4, 0.5) is 10.5 Å². The topological polar surface area (TPSA) is 70.2 Å². The number of urea groups is 1. The fourth-order valence-electron chi connectivity index (χ4n) is 2.24. The minimum Gasteiger partial charge on any atom is -0.351 e. The van der Waals surface area contributed by atoms with Gasteiger partial charge in [-0.3, -0.25) is 4.79 Å². The van der Waals surface area contributed by atoms with Crippen molar-refractivity contribution in [2.45, 2.75) is 23.8 Å². The Morgan fingerprint density at radius 1 is 1.00 bits per heavy atom. The van der Waals surface area contributed by atoms with Gasteiger partial charge in [0, 0.05) is 34.5 Å². The molecule has 0 aliphatic heterocycles. The van der Waals surface area contributed by atoms with Gasteiger partial charge in [0.2, 0.25) is 0 Å². The van der Waals surface area contributed by atoms with Crippen LogP contribution in [0, 0.1) is 0 Å². The fourth-order valence-corrected chi connectivity index (χ4v) is 3.03. The van der Waals surface area contributed by atoms with Crippen LogP contribution in [0.25, 0.3) is 0 Å². The number of benzene rings is 2. The molecule has 1 fully saturated rings. The van der Waals surface area contributed by atoms with Crippen LogP contribution < -0.4 is 16.0 Å². The van der Waals surface area contributed by atoms with Crippen LogP contribution in [0.3, 0.4) is 0 Å². The second-order valence-corrected chi connectivity index (χ2v) is 7.04. The average molecular weight is 355 g/mol. The molecule has 1 aliphatic carbocycles. The molecule has 0 unspecified atom stereocenters. The van der Waals surface area contributed by atoms with Crippen LogP contribution in [-0.2, 0) is 0 Å². The number of carbonyl (C=O) groups excluding carboxylic acids is 2. The summed E-state index contributed by atoms with van der Waals surface area (Å²) in [5.74, 6) is 0.708. The van der Waals surface area contributed by atoms with Crippen molar-refractivity contribution in [3.05, 3.63) is 60.2 Å². The zero-order valence-corrected chi connectivity index (χ0v) is 14.6. The first-order valence-electron chi connectivity index (χ1n) is 8.34. The summed E-state index contributed by atoms with van der Waals surface area (Å²) in [5, 5.41) is 8.53. The highest BCUT2D eigenvalue weighted by Gasteiger charge is 2.23. The second-order valence-electron chi connectivity index (χ2n) is 5.87. The van der Waals surface area contributed by atoms with E-state index in [2.05, 4.69) is 28.1 Å². The molecule has 1 saturated carbocycles. The van der Waals surface area contributed by atoms with Gasteiger partial charge in [0.1, 0.15) is 0 Å². The maximum atomic E-state index is 12.1. The molecule has 3 rings (SSSR count). The molecular weight excluding hydrogens is 334 g/mol. The summed E-state index contributed by atoms with van der Waals surface area (Å²) >= 11 is 1.71. The predicted molar refractivity (Wildman–Crippen MR) is 101 cm³/mol. The number of nitrogens with one attached hydrogen (secondary N) is 3. The van der Waals surface area contributed by atoms with Gasteiger partial charge in [-0.15, -0.1) is 11.8 Å². The van der Waals surface area contributed by atoms with Crippen LogP contribution in [0.5, 0.6) is 0 Å². The van der Waals surface area contributed by atoms with Crippen LogP contribution in [0.2, 0.25) is 0 Å². The lowest BCUT2D eigenvalue weighted by Crippen LogP contribution is -2.30. The maximum Gasteiger partial charge on any atom is 0.319 e. The summed E-state index contributed by atoms with van der Waals surface area (Å²) in [5.41, 5.74) is 1.26. The van der Waals surface area contributed by atoms with E-state index in [4.69, 9.17) is 0 Å². The van der Waals surface area contributed by atoms with E-state index in [0.717, 1.165) is 18.6 Å². The van der Waals surface area contributed by atoms with E-state index in [1.165, 1.54) is 4.90 Å². The number of hydrogen-bond acceptors (Lipinski definition) is 3. The summed E-state index contributed by atoms with van der Waals surface area (Å²) < 4.78 is 0. The molecule has 0 atom stereocenters. The Hall–Kier alpha value is -2.47. The van der Waals surface area contributed by atoms with Crippen molar-refractivity contribution in [3.63, 3.8) is 0 Å². The second kappa shape index (κ2) is 8.58. The quantitative estimate of drug-likeness (QED) is 0.526. The van der Waals surface area contributed by atoms with E-state index in [0.29, 0.717) is 23.8 Å². The predicted octanol–water partition coefficient (Wildman–Crippen LogP) is 3.49. The summed E-state index contributed by atoms with van der Waals surface area (Å²) in [6.07, 6.45) is 2.10. The Balaban J connectivity index is 1.40. The number of anilines is 1. The molecule has 0 saturated heterocycles. The Morgan fingerprint density at radius 3 is 2.40 bits per heavy atom. The van der Waals surface area contributed by atoms with Gasteiger partial charge in [-0.05, 0) is 49.2 Å². The summed E-state index contributed by atoms with van der Waals surface area (Å²) in [7, 11) is 0. The van der Waals surface area contributed by atoms with Gasteiger partial charge in [-0.1, -0.05) is 18.2 Å². The van der Waals surface area contributed by atoms with Gasteiger partial charge >= 0.3 is 6.03 Å². The van der Waals surface area contributed by atoms with Crippen molar-refractivity contribution >= 4 is 29.4 Å². The highest BCUT2D eigenvalue weighted by atomic mass is 32.2. The minimum absolute atomic E-state index is 0.109. The molecule has 0 aromatic heterocycles. The first-order valence-corrected chi connectivity index (χ1v) is 9.33. The summed E-state index contributed by atoms with van der Waals surface area (Å²) in [6.45, 7) is 0.599. The van der Waals surface area contributed by atoms with Gasteiger partial charge in [-0.2, -0.15) is 0 Å². The number of thioether (sulfide) groups is 1. The molecule has 0 radical (unpaired) electrons. The lowest BCUT2D eigenvalue weighted by Gasteiger charge is -2.08. The van der Waals surface area contributed by atoms with Crippen LogP contribution in [0.15, 0.2) is 59.5 Å². The normalized spacial score (nSPS) is 13.1. The van der Waals surface area contributed by atoms with Gasteiger partial charge < -0.3 is 16.0 Å². The molecule has 5 nitrogen and oxygen atoms in total. The van der Waals surface area contributed by atoms with Gasteiger partial charge in [0.05, 0.1) is 0 Å². The first-order chi connectivity index (χ1) is 12.2. The molecule has 6 heteroatoms. The molecule has 3 amide bonds. The van der Waals surface area contributed by atoms with Gasteiger partial charge in [0.15, 0.2) is 0 Å². The molecule has 0 bridgehead atoms. The van der Waals surface area contributed by atoms with Gasteiger partial charge in [-0.25, -0.2) is 4.79 Å². The molecule has 1 aliphatic rings. The lowest BCUT2D eigenvalue weighted by molar-refractivity contribution is 0.0956. The Bertz CT molecular complexity index is 715. The van der Waals surface area contributed by atoms with E-state index in [1.807, 2.05) is 18.2 Å². The summed E-state index contributed by atoms with van der Waals surface area (Å²) in [6, 6.07) is 17.1. The SMILES string of the molecule is O=C(Nc1ccc(C(=O)NCCSc2ccccc2)cc1)NC1CC1. The van der Waals surface area contributed by atoms with Crippen molar-refractivity contribution in [1.29, 1.82) is 0 Å². The third kappa shape index (κ3) is 5.83. The van der Waals surface area contributed by atoms with Crippen LogP contribution in [0.1, 0.15) is 23.2 Å². The average Bonchev–Trinajstić information content (AvgIpc) is 3.44. The largest absolute Gasteiger partial charge is 0.351 e. The molecule has 3 N–H and O–H groups in total. The third-order valence-electron chi connectivity index (χ3n) is 3.72. The molecule has 0 spiro atoms. The smallest absolute Gasteiger partial charge is 0.319 e. The monoisotopic (exact) mass is 355 g/mol. The standard InChI is InChI=1S/C19H21N3O2S/c23-18(20-12-13-25-17-4-2-1-3-5-17)14-6-8-15(9-7-14)21-19(24)22-16-10-11-16/h1-9,16H,10-13H2,(H,20,23)(H2,21,22,24). The maximum absolute atomic E-state index is 12.1. The molecule has 130 valence electrons. The minimum atomic E-state index is -0.197. The summed E-state index contributed by atoms with van der Waals surface area (Å²) in [4.78, 5) is 25.0. The van der Waals surface area contributed by atoms with E-state index < -0.39 is 0 Å². The van der Waals surface area contributed by atoms with Crippen molar-refractivity contribution in [3.8, 4) is 0 Å². The number of amides is 3. The zero-order valence-electron chi connectivity index (χ0n) is 13.8. The molecule has 0 heterocycles. The van der Waals surface area contributed by atoms with Crippen LogP contribution in [-0.4, -0.2) is 30.3 Å². The Kier molecular flexibility index (Phi) is 5.95. The molecule has 2 aromatic rings. The highest BCUT2D eigenvalue weighted by molar-refractivity contribution is 7.99.